The Balaban J connectivity index is 1.95. The van der Waals surface area contributed by atoms with Gasteiger partial charge in [-0.05, 0) is 24.7 Å². The first-order chi connectivity index (χ1) is 10.3. The summed E-state index contributed by atoms with van der Waals surface area (Å²) < 4.78 is 0. The lowest BCUT2D eigenvalue weighted by molar-refractivity contribution is 0.916. The lowest BCUT2D eigenvalue weighted by Crippen LogP contribution is -2.09. The molecule has 4 nitrogen and oxygen atoms in total. The molecule has 2 rings (SSSR count). The third-order valence-corrected chi connectivity index (χ3v) is 3.55. The van der Waals surface area contributed by atoms with Crippen molar-refractivity contribution in [3.8, 4) is 0 Å². The highest BCUT2D eigenvalue weighted by molar-refractivity contribution is 7.98. The first kappa shape index (κ1) is 15.6. The van der Waals surface area contributed by atoms with E-state index in [1.165, 1.54) is 5.56 Å². The zero-order chi connectivity index (χ0) is 14.9. The topological polar surface area (TPSA) is 49.8 Å². The molecular formula is C16H22N4S. The Morgan fingerprint density at radius 1 is 1.00 bits per heavy atom. The highest BCUT2D eigenvalue weighted by Crippen LogP contribution is 2.17. The average molecular weight is 302 g/mol. The summed E-state index contributed by atoms with van der Waals surface area (Å²) in [7, 11) is 0. The van der Waals surface area contributed by atoms with Gasteiger partial charge in [-0.1, -0.05) is 49.0 Å². The lowest BCUT2D eigenvalue weighted by Gasteiger charge is -2.10. The quantitative estimate of drug-likeness (QED) is 0.575. The Hall–Kier alpha value is -1.75. The zero-order valence-corrected chi connectivity index (χ0v) is 13.4. The van der Waals surface area contributed by atoms with Crippen molar-refractivity contribution in [1.29, 1.82) is 0 Å². The predicted molar refractivity (Wildman–Crippen MR) is 91.2 cm³/mol. The van der Waals surface area contributed by atoms with E-state index < -0.39 is 0 Å². The van der Waals surface area contributed by atoms with Crippen molar-refractivity contribution in [1.82, 2.24) is 9.97 Å². The van der Waals surface area contributed by atoms with Crippen LogP contribution in [0.2, 0.25) is 0 Å². The summed E-state index contributed by atoms with van der Waals surface area (Å²) >= 11 is 1.56. The maximum atomic E-state index is 4.49. The molecule has 0 aliphatic heterocycles. The van der Waals surface area contributed by atoms with Gasteiger partial charge in [-0.15, -0.1) is 0 Å². The van der Waals surface area contributed by atoms with Gasteiger partial charge in [0.25, 0.3) is 0 Å². The van der Waals surface area contributed by atoms with Crippen molar-refractivity contribution in [2.45, 2.75) is 24.9 Å². The van der Waals surface area contributed by atoms with Gasteiger partial charge in [-0.2, -0.15) is 0 Å². The Morgan fingerprint density at radius 3 is 2.29 bits per heavy atom. The molecule has 0 saturated carbocycles. The van der Waals surface area contributed by atoms with Gasteiger partial charge in [0.1, 0.15) is 11.6 Å². The molecule has 0 radical (unpaired) electrons. The minimum atomic E-state index is 0.790. The van der Waals surface area contributed by atoms with E-state index in [4.69, 9.17) is 0 Å². The van der Waals surface area contributed by atoms with Gasteiger partial charge in [0.2, 0.25) is 0 Å². The molecule has 0 unspecified atom stereocenters. The van der Waals surface area contributed by atoms with Crippen LogP contribution in [0.5, 0.6) is 0 Å². The number of aromatic nitrogens is 2. The molecule has 0 spiro atoms. The average Bonchev–Trinajstić information content (AvgIpc) is 2.53. The maximum absolute atomic E-state index is 4.49. The Bertz CT molecular complexity index is 545. The number of thioether (sulfide) groups is 1. The number of nitrogens with zero attached hydrogens (tertiary/aromatic N) is 2. The highest BCUT2D eigenvalue weighted by Gasteiger charge is 2.03. The summed E-state index contributed by atoms with van der Waals surface area (Å²) in [5.74, 6) is 1.77. The van der Waals surface area contributed by atoms with Gasteiger partial charge >= 0.3 is 0 Å². The van der Waals surface area contributed by atoms with E-state index in [1.54, 1.807) is 11.8 Å². The molecular weight excluding hydrogens is 280 g/mol. The SMILES string of the molecule is CCCNc1cc(NCCc2ccccc2)nc(SC)n1. The third kappa shape index (κ3) is 5.27. The van der Waals surface area contributed by atoms with Crippen LogP contribution in [0.1, 0.15) is 18.9 Å². The molecule has 5 heteroatoms. The van der Waals surface area contributed by atoms with Gasteiger partial charge < -0.3 is 10.6 Å². The predicted octanol–water partition coefficient (Wildman–Crippen LogP) is 3.68. The fourth-order valence-electron chi connectivity index (χ4n) is 1.93. The fraction of sp³-hybridized carbons (Fsp3) is 0.375. The molecule has 0 aliphatic carbocycles. The van der Waals surface area contributed by atoms with Gasteiger partial charge in [0.05, 0.1) is 0 Å². The Morgan fingerprint density at radius 2 is 1.67 bits per heavy atom. The standard InChI is InChI=1S/C16H22N4S/c1-3-10-17-14-12-15(20-16(19-14)21-2)18-11-9-13-7-5-4-6-8-13/h4-8,12H,3,9-11H2,1-2H3,(H2,17,18,19,20). The van der Waals surface area contributed by atoms with Crippen LogP contribution >= 0.6 is 11.8 Å². The molecule has 0 atom stereocenters. The van der Waals surface area contributed by atoms with E-state index in [1.807, 2.05) is 18.4 Å². The molecule has 0 amide bonds. The van der Waals surface area contributed by atoms with Gasteiger partial charge in [-0.25, -0.2) is 9.97 Å². The second-order valence-electron chi connectivity index (χ2n) is 4.71. The number of rotatable bonds is 8. The van der Waals surface area contributed by atoms with Crippen molar-refractivity contribution in [2.75, 3.05) is 30.0 Å². The van der Waals surface area contributed by atoms with E-state index in [9.17, 15) is 0 Å². The number of hydrogen-bond acceptors (Lipinski definition) is 5. The molecule has 0 bridgehead atoms. The summed E-state index contributed by atoms with van der Waals surface area (Å²) in [5, 5.41) is 7.48. The highest BCUT2D eigenvalue weighted by atomic mass is 32.2. The number of anilines is 2. The Kier molecular flexibility index (Phi) is 6.34. The molecule has 0 fully saturated rings. The molecule has 1 heterocycles. The Labute approximate surface area is 130 Å². The number of benzene rings is 1. The molecule has 1 aromatic carbocycles. The molecule has 1 aromatic heterocycles. The third-order valence-electron chi connectivity index (χ3n) is 3.01. The van der Waals surface area contributed by atoms with E-state index in [0.29, 0.717) is 0 Å². The summed E-state index contributed by atoms with van der Waals surface area (Å²) in [4.78, 5) is 8.95. The summed E-state index contributed by atoms with van der Waals surface area (Å²) in [6, 6.07) is 12.4. The monoisotopic (exact) mass is 302 g/mol. The normalized spacial score (nSPS) is 10.4. The van der Waals surface area contributed by atoms with Crippen LogP contribution in [0, 0.1) is 0 Å². The van der Waals surface area contributed by atoms with Crippen LogP contribution in [0.3, 0.4) is 0 Å². The van der Waals surface area contributed by atoms with Gasteiger partial charge in [0.15, 0.2) is 5.16 Å². The minimum Gasteiger partial charge on any atom is -0.370 e. The molecule has 0 saturated heterocycles. The van der Waals surface area contributed by atoms with Crippen LogP contribution in [-0.2, 0) is 6.42 Å². The second kappa shape index (κ2) is 8.52. The van der Waals surface area contributed by atoms with Crippen molar-refractivity contribution in [3.63, 3.8) is 0 Å². The van der Waals surface area contributed by atoms with Gasteiger partial charge in [-0.3, -0.25) is 0 Å². The fourth-order valence-corrected chi connectivity index (χ4v) is 2.31. The minimum absolute atomic E-state index is 0.790. The van der Waals surface area contributed by atoms with Crippen LogP contribution in [0.4, 0.5) is 11.6 Å². The molecule has 112 valence electrons. The smallest absolute Gasteiger partial charge is 0.191 e. The largest absolute Gasteiger partial charge is 0.370 e. The molecule has 21 heavy (non-hydrogen) atoms. The first-order valence-corrected chi connectivity index (χ1v) is 8.49. The molecule has 0 aliphatic rings. The van der Waals surface area contributed by atoms with Crippen molar-refractivity contribution >= 4 is 23.4 Å². The van der Waals surface area contributed by atoms with Crippen LogP contribution in [-0.4, -0.2) is 29.3 Å². The molecule has 2 aromatic rings. The summed E-state index contributed by atoms with van der Waals surface area (Å²) in [6.45, 7) is 3.93. The lowest BCUT2D eigenvalue weighted by atomic mass is 10.1. The number of hydrogen-bond donors (Lipinski definition) is 2. The van der Waals surface area contributed by atoms with Crippen LogP contribution in [0.15, 0.2) is 41.6 Å². The zero-order valence-electron chi connectivity index (χ0n) is 12.6. The van der Waals surface area contributed by atoms with Crippen LogP contribution in [0.25, 0.3) is 0 Å². The van der Waals surface area contributed by atoms with Crippen LogP contribution < -0.4 is 10.6 Å². The second-order valence-corrected chi connectivity index (χ2v) is 5.49. The van der Waals surface area contributed by atoms with Gasteiger partial charge in [0, 0.05) is 19.2 Å². The van der Waals surface area contributed by atoms with E-state index in [0.717, 1.165) is 42.7 Å². The van der Waals surface area contributed by atoms with E-state index in [-0.39, 0.29) is 0 Å². The maximum Gasteiger partial charge on any atom is 0.191 e. The van der Waals surface area contributed by atoms with Crippen molar-refractivity contribution in [3.05, 3.63) is 42.0 Å². The summed E-state index contributed by atoms with van der Waals surface area (Å²) in [6.07, 6.45) is 4.05. The summed E-state index contributed by atoms with van der Waals surface area (Å²) in [5.41, 5.74) is 1.33. The first-order valence-electron chi connectivity index (χ1n) is 7.26. The van der Waals surface area contributed by atoms with Crippen molar-refractivity contribution < 1.29 is 0 Å². The number of nitrogens with one attached hydrogen (secondary N) is 2. The van der Waals surface area contributed by atoms with E-state index >= 15 is 0 Å². The molecule has 2 N–H and O–H groups in total. The van der Waals surface area contributed by atoms with Crippen molar-refractivity contribution in [2.24, 2.45) is 0 Å². The van der Waals surface area contributed by atoms with E-state index in [2.05, 4.69) is 51.8 Å².